The van der Waals surface area contributed by atoms with E-state index in [2.05, 4.69) is 9.62 Å². The van der Waals surface area contributed by atoms with Gasteiger partial charge in [0.2, 0.25) is 5.91 Å². The minimum Gasteiger partial charge on any atom is -0.493 e. The van der Waals surface area contributed by atoms with Crippen molar-refractivity contribution >= 4 is 22.6 Å². The van der Waals surface area contributed by atoms with E-state index < -0.39 is 11.0 Å². The number of hydrogen-bond donors (Lipinski definition) is 2. The molecule has 2 N–H and O–H groups in total. The van der Waals surface area contributed by atoms with E-state index in [9.17, 15) is 14.1 Å². The van der Waals surface area contributed by atoms with E-state index >= 15 is 0 Å². The molecule has 1 amide bonds. The molecule has 1 aliphatic heterocycles. The number of aliphatic hydroxyl groups excluding tert-OH is 1. The zero-order chi connectivity index (χ0) is 27.9. The van der Waals surface area contributed by atoms with E-state index in [1.54, 1.807) is 30.2 Å². The number of nitrogens with zero attached hydrogens (tertiary/aromatic N) is 2. The number of ether oxygens (including phenoxy) is 2. The highest BCUT2D eigenvalue weighted by atomic mass is 32.2. The van der Waals surface area contributed by atoms with Gasteiger partial charge < -0.3 is 24.2 Å². The minimum atomic E-state index is -1.59. The third-order valence-electron chi connectivity index (χ3n) is 7.10. The standard InChI is InChI=1S/C30H37N3O5S/c1-21-10-12-26(31-39(36)25-11-13-28(37-3)29(18-25)38-4)23(16-21)17-30(35)32(2)27(22-8-6-5-7-9-22)20-33-15-14-24(34)19-33/h5-13,16,18,24,27,31,34H,14-15,17,19-20H2,1-4H3/t24?,27-,39?/m1/s1. The van der Waals surface area contributed by atoms with Crippen molar-refractivity contribution in [1.82, 2.24) is 9.80 Å². The zero-order valence-corrected chi connectivity index (χ0v) is 23.7. The van der Waals surface area contributed by atoms with Crippen molar-refractivity contribution < 1.29 is 23.6 Å². The summed E-state index contributed by atoms with van der Waals surface area (Å²) in [5.41, 5.74) is 3.46. The lowest BCUT2D eigenvalue weighted by molar-refractivity contribution is -0.131. The molecule has 3 aromatic carbocycles. The molecular formula is C30H37N3O5S. The number of carbonyl (C=O) groups is 1. The maximum Gasteiger partial charge on any atom is 0.227 e. The Kier molecular flexibility index (Phi) is 9.61. The van der Waals surface area contributed by atoms with Crippen molar-refractivity contribution in [2.24, 2.45) is 0 Å². The van der Waals surface area contributed by atoms with Crippen molar-refractivity contribution in [3.05, 3.63) is 83.4 Å². The van der Waals surface area contributed by atoms with Crippen LogP contribution in [-0.2, 0) is 22.2 Å². The molecular weight excluding hydrogens is 514 g/mol. The van der Waals surface area contributed by atoms with Gasteiger partial charge in [-0.2, -0.15) is 0 Å². The first kappa shape index (κ1) is 28.6. The number of likely N-dealkylation sites (tertiary alicyclic amines) is 1. The third kappa shape index (κ3) is 7.17. The Balaban J connectivity index is 1.53. The molecule has 3 aromatic rings. The number of amides is 1. The summed E-state index contributed by atoms with van der Waals surface area (Å²) in [5.74, 6) is 0.997. The molecule has 8 nitrogen and oxygen atoms in total. The maximum atomic E-state index is 13.7. The van der Waals surface area contributed by atoms with Crippen LogP contribution in [0.4, 0.5) is 5.69 Å². The number of aryl methyl sites for hydroxylation is 1. The summed E-state index contributed by atoms with van der Waals surface area (Å²) in [7, 11) is 3.33. The fourth-order valence-corrected chi connectivity index (χ4v) is 5.79. The summed E-state index contributed by atoms with van der Waals surface area (Å²) in [6, 6.07) is 20.7. The second-order valence-corrected chi connectivity index (χ2v) is 11.1. The van der Waals surface area contributed by atoms with Crippen molar-refractivity contribution in [2.75, 3.05) is 45.6 Å². The summed E-state index contributed by atoms with van der Waals surface area (Å²) >= 11 is 0. The summed E-state index contributed by atoms with van der Waals surface area (Å²) in [5, 5.41) is 10.0. The Hall–Kier alpha value is -3.40. The second kappa shape index (κ2) is 13.1. The van der Waals surface area contributed by atoms with Crippen LogP contribution in [0.3, 0.4) is 0 Å². The van der Waals surface area contributed by atoms with Gasteiger partial charge in [-0.05, 0) is 42.7 Å². The van der Waals surface area contributed by atoms with Crippen LogP contribution in [-0.4, -0.2) is 72.0 Å². The Bertz CT molecular complexity index is 1300. The molecule has 39 heavy (non-hydrogen) atoms. The Labute approximate surface area is 233 Å². The van der Waals surface area contributed by atoms with Crippen molar-refractivity contribution in [1.29, 1.82) is 0 Å². The monoisotopic (exact) mass is 551 g/mol. The number of aliphatic hydroxyl groups is 1. The molecule has 1 heterocycles. The van der Waals surface area contributed by atoms with Gasteiger partial charge in [-0.15, -0.1) is 0 Å². The van der Waals surface area contributed by atoms with Gasteiger partial charge in [-0.3, -0.25) is 9.69 Å². The van der Waals surface area contributed by atoms with Gasteiger partial charge in [-0.1, -0.05) is 48.0 Å². The molecule has 2 unspecified atom stereocenters. The molecule has 3 atom stereocenters. The predicted octanol–water partition coefficient (Wildman–Crippen LogP) is 3.96. The number of β-amino-alcohol motifs (C(OH)–C–C–N with tert-alkyl or cyclic N) is 1. The van der Waals surface area contributed by atoms with Crippen molar-refractivity contribution in [2.45, 2.75) is 36.8 Å². The number of benzene rings is 3. The Morgan fingerprint density at radius 2 is 1.85 bits per heavy atom. The Morgan fingerprint density at radius 1 is 1.10 bits per heavy atom. The zero-order valence-electron chi connectivity index (χ0n) is 22.9. The predicted molar refractivity (Wildman–Crippen MR) is 153 cm³/mol. The summed E-state index contributed by atoms with van der Waals surface area (Å²) in [6.07, 6.45) is 0.569. The van der Waals surface area contributed by atoms with Crippen LogP contribution in [0.5, 0.6) is 11.5 Å². The highest BCUT2D eigenvalue weighted by molar-refractivity contribution is 7.86. The molecule has 0 saturated carbocycles. The smallest absolute Gasteiger partial charge is 0.227 e. The highest BCUT2D eigenvalue weighted by Crippen LogP contribution is 2.30. The lowest BCUT2D eigenvalue weighted by atomic mass is 10.0. The van der Waals surface area contributed by atoms with Gasteiger partial charge in [0.25, 0.3) is 0 Å². The fraction of sp³-hybridized carbons (Fsp3) is 0.367. The normalized spacial score (nSPS) is 16.9. The number of methoxy groups -OCH3 is 2. The SMILES string of the molecule is COc1ccc(S(=O)Nc2ccc(C)cc2CC(=O)N(C)[C@H](CN2CCC(O)C2)c2ccccc2)cc1OC. The van der Waals surface area contributed by atoms with E-state index in [0.29, 0.717) is 35.2 Å². The average Bonchev–Trinajstić information content (AvgIpc) is 3.37. The quantitative estimate of drug-likeness (QED) is 0.375. The molecule has 1 aliphatic rings. The molecule has 0 radical (unpaired) electrons. The fourth-order valence-electron chi connectivity index (χ4n) is 4.87. The van der Waals surface area contributed by atoms with E-state index in [-0.39, 0.29) is 24.5 Å². The van der Waals surface area contributed by atoms with E-state index in [1.807, 2.05) is 62.5 Å². The first-order chi connectivity index (χ1) is 18.8. The maximum absolute atomic E-state index is 13.7. The molecule has 1 saturated heterocycles. The first-order valence-corrected chi connectivity index (χ1v) is 14.1. The van der Waals surface area contributed by atoms with Crippen LogP contribution in [0.2, 0.25) is 0 Å². The number of anilines is 1. The first-order valence-electron chi connectivity index (χ1n) is 13.0. The number of rotatable bonds is 11. The van der Waals surface area contributed by atoms with E-state index in [1.165, 1.54) is 7.11 Å². The largest absolute Gasteiger partial charge is 0.493 e. The van der Waals surface area contributed by atoms with E-state index in [4.69, 9.17) is 9.47 Å². The van der Waals surface area contributed by atoms with Gasteiger partial charge in [0.05, 0.1) is 43.4 Å². The highest BCUT2D eigenvalue weighted by Gasteiger charge is 2.28. The van der Waals surface area contributed by atoms with Gasteiger partial charge in [0.1, 0.15) is 11.0 Å². The lowest BCUT2D eigenvalue weighted by Crippen LogP contribution is -2.39. The minimum absolute atomic E-state index is 0.0471. The van der Waals surface area contributed by atoms with Crippen LogP contribution in [0, 0.1) is 6.92 Å². The summed E-state index contributed by atoms with van der Waals surface area (Å²) in [6.45, 7) is 4.03. The summed E-state index contributed by atoms with van der Waals surface area (Å²) in [4.78, 5) is 18.2. The second-order valence-electron chi connectivity index (χ2n) is 9.86. The molecule has 9 heteroatoms. The molecule has 0 aliphatic carbocycles. The number of carbonyl (C=O) groups excluding carboxylic acids is 1. The number of likely N-dealkylation sites (N-methyl/N-ethyl adjacent to an activating group) is 1. The lowest BCUT2D eigenvalue weighted by Gasteiger charge is -2.32. The molecule has 0 aromatic heterocycles. The van der Waals surface area contributed by atoms with Crippen LogP contribution < -0.4 is 14.2 Å². The third-order valence-corrected chi connectivity index (χ3v) is 8.19. The number of nitrogens with one attached hydrogen (secondary N) is 1. The topological polar surface area (TPSA) is 91.3 Å². The van der Waals surface area contributed by atoms with E-state index in [0.717, 1.165) is 29.7 Å². The Morgan fingerprint density at radius 3 is 2.51 bits per heavy atom. The van der Waals surface area contributed by atoms with Gasteiger partial charge in [-0.25, -0.2) is 4.21 Å². The van der Waals surface area contributed by atoms with Crippen molar-refractivity contribution in [3.63, 3.8) is 0 Å². The van der Waals surface area contributed by atoms with Crippen LogP contribution in [0.25, 0.3) is 0 Å². The van der Waals surface area contributed by atoms with Crippen LogP contribution in [0.1, 0.15) is 29.2 Å². The number of hydrogen-bond acceptors (Lipinski definition) is 6. The molecule has 0 spiro atoms. The van der Waals surface area contributed by atoms with Gasteiger partial charge in [0, 0.05) is 32.7 Å². The molecule has 208 valence electrons. The van der Waals surface area contributed by atoms with Crippen LogP contribution in [0.15, 0.2) is 71.6 Å². The molecule has 4 rings (SSSR count). The van der Waals surface area contributed by atoms with Gasteiger partial charge in [0.15, 0.2) is 11.5 Å². The van der Waals surface area contributed by atoms with Crippen molar-refractivity contribution in [3.8, 4) is 11.5 Å². The van der Waals surface area contributed by atoms with Gasteiger partial charge >= 0.3 is 0 Å². The molecule has 1 fully saturated rings. The van der Waals surface area contributed by atoms with Crippen LogP contribution >= 0.6 is 0 Å². The summed E-state index contributed by atoms with van der Waals surface area (Å²) < 4.78 is 27.0. The molecule has 0 bridgehead atoms. The average molecular weight is 552 g/mol.